The van der Waals surface area contributed by atoms with Crippen molar-refractivity contribution >= 4 is 34.3 Å². The number of nitrogens with zero attached hydrogens (tertiary/aromatic N) is 1. The molecule has 4 nitrogen and oxygen atoms in total. The lowest BCUT2D eigenvalue weighted by atomic mass is 10.2. The molecular formula is C10H16N2O2S2. The summed E-state index contributed by atoms with van der Waals surface area (Å²) in [4.78, 5) is 15.7. The highest BCUT2D eigenvalue weighted by Gasteiger charge is 2.17. The molecule has 0 fully saturated rings. The van der Waals surface area contributed by atoms with Gasteiger partial charge in [0.05, 0.1) is 0 Å². The van der Waals surface area contributed by atoms with Gasteiger partial charge in [0, 0.05) is 5.38 Å². The first-order valence-corrected chi connectivity index (χ1v) is 6.85. The molecule has 1 aromatic heterocycles. The number of thioether (sulfide) groups is 1. The molecule has 1 rings (SSSR count). The number of rotatable bonds is 3. The topological polar surface area (TPSA) is 51.2 Å². The van der Waals surface area contributed by atoms with E-state index < -0.39 is 11.7 Å². The standard InChI is InChI=1S/C10H16N2O2S2/c1-5-15-7-6-16-8(11-7)12-9(13)14-10(2,3)4/h6H,5H2,1-4H3,(H,11,12,13). The molecule has 0 aliphatic carbocycles. The fraction of sp³-hybridized carbons (Fsp3) is 0.600. The Morgan fingerprint density at radius 3 is 2.88 bits per heavy atom. The van der Waals surface area contributed by atoms with Gasteiger partial charge in [0.2, 0.25) is 0 Å². The van der Waals surface area contributed by atoms with E-state index in [0.717, 1.165) is 10.8 Å². The third-order valence-corrected chi connectivity index (χ3v) is 3.08. The molecule has 0 aromatic carbocycles. The van der Waals surface area contributed by atoms with Crippen LogP contribution in [-0.4, -0.2) is 22.4 Å². The molecule has 1 heterocycles. The first-order valence-electron chi connectivity index (χ1n) is 4.99. The zero-order valence-corrected chi connectivity index (χ0v) is 11.5. The smallest absolute Gasteiger partial charge is 0.413 e. The molecule has 1 N–H and O–H groups in total. The summed E-state index contributed by atoms with van der Waals surface area (Å²) in [6.45, 7) is 7.54. The Morgan fingerprint density at radius 2 is 2.31 bits per heavy atom. The second-order valence-electron chi connectivity index (χ2n) is 4.05. The number of hydrogen-bond donors (Lipinski definition) is 1. The molecule has 1 amide bonds. The SMILES string of the molecule is CCSc1csc(NC(=O)OC(C)(C)C)n1. The molecular weight excluding hydrogens is 244 g/mol. The molecule has 0 spiro atoms. The zero-order chi connectivity index (χ0) is 12.2. The van der Waals surface area contributed by atoms with E-state index in [4.69, 9.17) is 4.74 Å². The summed E-state index contributed by atoms with van der Waals surface area (Å²) in [5, 5.41) is 6.03. The Hall–Kier alpha value is -0.750. The molecule has 0 bridgehead atoms. The fourth-order valence-electron chi connectivity index (χ4n) is 0.922. The van der Waals surface area contributed by atoms with Crippen molar-refractivity contribution in [2.45, 2.75) is 38.3 Å². The number of thiazole rings is 1. The number of carbonyl (C=O) groups excluding carboxylic acids is 1. The van der Waals surface area contributed by atoms with Crippen molar-refractivity contribution in [3.05, 3.63) is 5.38 Å². The summed E-state index contributed by atoms with van der Waals surface area (Å²) in [5.74, 6) is 0.968. The highest BCUT2D eigenvalue weighted by molar-refractivity contribution is 7.99. The molecule has 0 aliphatic rings. The largest absolute Gasteiger partial charge is 0.444 e. The predicted molar refractivity (Wildman–Crippen MR) is 68.4 cm³/mol. The van der Waals surface area contributed by atoms with Gasteiger partial charge in [0.1, 0.15) is 10.6 Å². The minimum Gasteiger partial charge on any atom is -0.444 e. The van der Waals surface area contributed by atoms with E-state index in [1.54, 1.807) is 11.8 Å². The Bertz CT molecular complexity index is 358. The molecule has 0 saturated heterocycles. The quantitative estimate of drug-likeness (QED) is 0.844. The lowest BCUT2D eigenvalue weighted by molar-refractivity contribution is 0.0636. The number of ether oxygens (including phenoxy) is 1. The highest BCUT2D eigenvalue weighted by Crippen LogP contribution is 2.24. The lowest BCUT2D eigenvalue weighted by Gasteiger charge is -2.18. The van der Waals surface area contributed by atoms with Gasteiger partial charge in [-0.15, -0.1) is 23.1 Å². The lowest BCUT2D eigenvalue weighted by Crippen LogP contribution is -2.27. The van der Waals surface area contributed by atoms with Gasteiger partial charge >= 0.3 is 6.09 Å². The number of amides is 1. The fourth-order valence-corrected chi connectivity index (χ4v) is 2.41. The van der Waals surface area contributed by atoms with Crippen molar-refractivity contribution in [1.82, 2.24) is 4.98 Å². The first kappa shape index (κ1) is 13.3. The van der Waals surface area contributed by atoms with Crippen LogP contribution in [0, 0.1) is 0 Å². The van der Waals surface area contributed by atoms with Gasteiger partial charge in [0.25, 0.3) is 0 Å². The Morgan fingerprint density at radius 1 is 1.62 bits per heavy atom. The Balaban J connectivity index is 2.50. The van der Waals surface area contributed by atoms with E-state index in [0.29, 0.717) is 5.13 Å². The van der Waals surface area contributed by atoms with Crippen molar-refractivity contribution in [2.24, 2.45) is 0 Å². The van der Waals surface area contributed by atoms with Crippen molar-refractivity contribution in [2.75, 3.05) is 11.1 Å². The normalized spacial score (nSPS) is 11.2. The van der Waals surface area contributed by atoms with Crippen LogP contribution >= 0.6 is 23.1 Å². The number of aromatic nitrogens is 1. The van der Waals surface area contributed by atoms with Gasteiger partial charge in [0.15, 0.2) is 5.13 Å². The van der Waals surface area contributed by atoms with Gasteiger partial charge in [-0.05, 0) is 26.5 Å². The average Bonchev–Trinajstić information content (AvgIpc) is 2.49. The van der Waals surface area contributed by atoms with Crippen LogP contribution < -0.4 is 5.32 Å². The summed E-state index contributed by atoms with van der Waals surface area (Å²) >= 11 is 3.04. The molecule has 16 heavy (non-hydrogen) atoms. The molecule has 90 valence electrons. The highest BCUT2D eigenvalue weighted by atomic mass is 32.2. The van der Waals surface area contributed by atoms with Crippen LogP contribution in [-0.2, 0) is 4.74 Å². The maximum absolute atomic E-state index is 11.4. The molecule has 6 heteroatoms. The second-order valence-corrected chi connectivity index (χ2v) is 6.19. The second kappa shape index (κ2) is 5.54. The van der Waals surface area contributed by atoms with E-state index in [2.05, 4.69) is 17.2 Å². The minimum atomic E-state index is -0.484. The number of anilines is 1. The average molecular weight is 260 g/mol. The van der Waals surface area contributed by atoms with Gasteiger partial charge in [-0.3, -0.25) is 5.32 Å². The van der Waals surface area contributed by atoms with Crippen molar-refractivity contribution < 1.29 is 9.53 Å². The van der Waals surface area contributed by atoms with Crippen LogP contribution in [0.15, 0.2) is 10.4 Å². The van der Waals surface area contributed by atoms with Gasteiger partial charge in [-0.25, -0.2) is 9.78 Å². The minimum absolute atomic E-state index is 0.463. The van der Waals surface area contributed by atoms with E-state index in [1.165, 1.54) is 11.3 Å². The van der Waals surface area contributed by atoms with Crippen LogP contribution in [0.4, 0.5) is 9.93 Å². The first-order chi connectivity index (χ1) is 7.40. The van der Waals surface area contributed by atoms with E-state index in [1.807, 2.05) is 26.2 Å². The number of hydrogen-bond acceptors (Lipinski definition) is 5. The molecule has 0 unspecified atom stereocenters. The zero-order valence-electron chi connectivity index (χ0n) is 9.86. The van der Waals surface area contributed by atoms with Gasteiger partial charge in [-0.2, -0.15) is 0 Å². The maximum Gasteiger partial charge on any atom is 0.413 e. The van der Waals surface area contributed by atoms with E-state index in [9.17, 15) is 4.79 Å². The number of nitrogens with one attached hydrogen (secondary N) is 1. The summed E-state index contributed by atoms with van der Waals surface area (Å²) in [6, 6.07) is 0. The third-order valence-electron chi connectivity index (χ3n) is 1.38. The van der Waals surface area contributed by atoms with Gasteiger partial charge in [-0.1, -0.05) is 6.92 Å². The Kier molecular flexibility index (Phi) is 4.61. The molecule has 0 aliphatic heterocycles. The summed E-state index contributed by atoms with van der Waals surface area (Å²) in [7, 11) is 0. The Labute approximate surface area is 104 Å². The van der Waals surface area contributed by atoms with Crippen molar-refractivity contribution in [3.8, 4) is 0 Å². The summed E-state index contributed by atoms with van der Waals surface area (Å²) in [5.41, 5.74) is -0.484. The van der Waals surface area contributed by atoms with Crippen LogP contribution in [0.2, 0.25) is 0 Å². The van der Waals surface area contributed by atoms with Gasteiger partial charge < -0.3 is 4.74 Å². The molecule has 0 radical (unpaired) electrons. The van der Waals surface area contributed by atoms with E-state index >= 15 is 0 Å². The van der Waals surface area contributed by atoms with Crippen LogP contribution in [0.5, 0.6) is 0 Å². The summed E-state index contributed by atoms with van der Waals surface area (Å²) < 4.78 is 5.12. The van der Waals surface area contributed by atoms with Crippen LogP contribution in [0.1, 0.15) is 27.7 Å². The monoisotopic (exact) mass is 260 g/mol. The molecule has 0 atom stereocenters. The molecule has 0 saturated carbocycles. The van der Waals surface area contributed by atoms with Crippen LogP contribution in [0.3, 0.4) is 0 Å². The van der Waals surface area contributed by atoms with Crippen molar-refractivity contribution in [3.63, 3.8) is 0 Å². The summed E-state index contributed by atoms with van der Waals surface area (Å²) in [6.07, 6.45) is -0.463. The maximum atomic E-state index is 11.4. The van der Waals surface area contributed by atoms with Crippen LogP contribution in [0.25, 0.3) is 0 Å². The third kappa shape index (κ3) is 4.85. The molecule has 1 aromatic rings. The van der Waals surface area contributed by atoms with Crippen molar-refractivity contribution in [1.29, 1.82) is 0 Å². The number of carbonyl (C=O) groups is 1. The van der Waals surface area contributed by atoms with E-state index in [-0.39, 0.29) is 0 Å². The predicted octanol–water partition coefficient (Wildman–Crippen LogP) is 3.60.